The number of halogens is 2. The highest BCUT2D eigenvalue weighted by Crippen LogP contribution is 2.25. The molecule has 0 aromatic heterocycles. The van der Waals surface area contributed by atoms with Crippen molar-refractivity contribution in [2.24, 2.45) is 0 Å². The molecule has 1 N–H and O–H groups in total. The van der Waals surface area contributed by atoms with Crippen LogP contribution in [0.5, 0.6) is 0 Å². The normalized spacial score (nSPS) is 10.6. The molecule has 0 bridgehead atoms. The number of rotatable bonds is 5. The molecule has 0 aliphatic heterocycles. The summed E-state index contributed by atoms with van der Waals surface area (Å²) >= 11 is 13.8. The Morgan fingerprint density at radius 2 is 1.65 bits per heavy atom. The Kier molecular flexibility index (Phi) is 6.25. The van der Waals surface area contributed by atoms with Gasteiger partial charge in [0.25, 0.3) is 5.91 Å². The average Bonchev–Trinajstić information content (AvgIpc) is 2.64. The number of carbonyl (C=O) groups is 1. The molecule has 0 unspecified atom stereocenters. The van der Waals surface area contributed by atoms with E-state index in [0.29, 0.717) is 16.3 Å². The monoisotopic (exact) mass is 401 g/mol. The van der Waals surface area contributed by atoms with E-state index in [1.54, 1.807) is 11.8 Å². The molecule has 2 nitrogen and oxygen atoms in total. The number of amides is 1. The van der Waals surface area contributed by atoms with Crippen LogP contribution >= 0.6 is 35.0 Å². The molecule has 1 amide bonds. The van der Waals surface area contributed by atoms with E-state index in [-0.39, 0.29) is 5.91 Å². The third-order valence-electron chi connectivity index (χ3n) is 3.81. The molecule has 0 spiro atoms. The van der Waals surface area contributed by atoms with Crippen LogP contribution < -0.4 is 5.32 Å². The number of benzene rings is 3. The Labute approximate surface area is 167 Å². The molecule has 0 saturated heterocycles. The van der Waals surface area contributed by atoms with Crippen molar-refractivity contribution in [2.75, 3.05) is 5.32 Å². The molecule has 0 heterocycles. The Bertz CT molecular complexity index is 908. The minimum atomic E-state index is -0.173. The van der Waals surface area contributed by atoms with Gasteiger partial charge >= 0.3 is 0 Å². The summed E-state index contributed by atoms with van der Waals surface area (Å²) in [6, 6.07) is 20.9. The van der Waals surface area contributed by atoms with Crippen molar-refractivity contribution in [3.05, 3.63) is 93.5 Å². The van der Waals surface area contributed by atoms with E-state index in [0.717, 1.165) is 26.8 Å². The van der Waals surface area contributed by atoms with Crippen molar-refractivity contribution < 1.29 is 4.79 Å². The first-order chi connectivity index (χ1) is 12.5. The molecule has 0 saturated carbocycles. The number of anilines is 1. The summed E-state index contributed by atoms with van der Waals surface area (Å²) in [4.78, 5) is 13.5. The minimum absolute atomic E-state index is 0.173. The van der Waals surface area contributed by atoms with Gasteiger partial charge in [-0.05, 0) is 66.6 Å². The summed E-state index contributed by atoms with van der Waals surface area (Å²) in [5.41, 5.74) is 3.41. The van der Waals surface area contributed by atoms with Crippen molar-refractivity contribution >= 4 is 46.6 Å². The second-order valence-corrected chi connectivity index (χ2v) is 7.77. The van der Waals surface area contributed by atoms with Crippen LogP contribution in [0.25, 0.3) is 0 Å². The van der Waals surface area contributed by atoms with Crippen molar-refractivity contribution in [3.63, 3.8) is 0 Å². The van der Waals surface area contributed by atoms with Gasteiger partial charge in [-0.2, -0.15) is 0 Å². The summed E-state index contributed by atoms with van der Waals surface area (Å²) in [5.74, 6) is 0.653. The van der Waals surface area contributed by atoms with Crippen molar-refractivity contribution in [2.45, 2.75) is 17.6 Å². The predicted octanol–water partition coefficient (Wildman–Crippen LogP) is 6.85. The van der Waals surface area contributed by atoms with Crippen molar-refractivity contribution in [3.8, 4) is 0 Å². The van der Waals surface area contributed by atoms with E-state index >= 15 is 0 Å². The molecular formula is C21H17Cl2NOS. The van der Waals surface area contributed by atoms with Crippen LogP contribution in [0.3, 0.4) is 0 Å². The number of hydrogen-bond acceptors (Lipinski definition) is 2. The van der Waals surface area contributed by atoms with Gasteiger partial charge in [-0.3, -0.25) is 4.79 Å². The zero-order valence-electron chi connectivity index (χ0n) is 14.1. The van der Waals surface area contributed by atoms with Crippen LogP contribution in [0.4, 0.5) is 5.69 Å². The largest absolute Gasteiger partial charge is 0.321 e. The van der Waals surface area contributed by atoms with Crippen molar-refractivity contribution in [1.29, 1.82) is 0 Å². The summed E-state index contributed by atoms with van der Waals surface area (Å²) < 4.78 is 0. The highest BCUT2D eigenvalue weighted by atomic mass is 35.5. The first kappa shape index (κ1) is 18.8. The Balaban J connectivity index is 1.61. The van der Waals surface area contributed by atoms with E-state index in [1.807, 2.05) is 73.7 Å². The summed E-state index contributed by atoms with van der Waals surface area (Å²) in [6.45, 7) is 1.96. The highest BCUT2D eigenvalue weighted by molar-refractivity contribution is 7.98. The maximum Gasteiger partial charge on any atom is 0.255 e. The number of hydrogen-bond donors (Lipinski definition) is 1. The second-order valence-electron chi connectivity index (χ2n) is 5.88. The number of thioether (sulfide) groups is 1. The number of carbonyl (C=O) groups excluding carboxylic acids is 1. The van der Waals surface area contributed by atoms with Crippen LogP contribution in [0, 0.1) is 6.92 Å². The van der Waals surface area contributed by atoms with Crippen LogP contribution in [0.1, 0.15) is 21.5 Å². The summed E-state index contributed by atoms with van der Waals surface area (Å²) in [5, 5.41) is 4.12. The van der Waals surface area contributed by atoms with Gasteiger partial charge in [-0.25, -0.2) is 0 Å². The molecule has 0 aliphatic rings. The molecule has 3 rings (SSSR count). The molecular weight excluding hydrogens is 385 g/mol. The molecule has 0 radical (unpaired) electrons. The second kappa shape index (κ2) is 8.63. The standard InChI is InChI=1S/C21H17Cl2NOS/c1-14-2-11-20(19(23)12-14)24-21(25)16-5-3-15(4-6-16)13-26-18-9-7-17(22)8-10-18/h2-12H,13H2,1H3,(H,24,25). The lowest BCUT2D eigenvalue weighted by Gasteiger charge is -2.09. The van der Waals surface area contributed by atoms with Gasteiger partial charge in [0.2, 0.25) is 0 Å². The summed E-state index contributed by atoms with van der Waals surface area (Å²) in [7, 11) is 0. The van der Waals surface area contributed by atoms with Gasteiger partial charge in [0.15, 0.2) is 0 Å². The zero-order chi connectivity index (χ0) is 18.5. The molecule has 5 heteroatoms. The molecule has 0 atom stereocenters. The Morgan fingerprint density at radius 1 is 0.962 bits per heavy atom. The maximum absolute atomic E-state index is 12.4. The molecule has 3 aromatic rings. The van der Waals surface area contributed by atoms with Crippen LogP contribution in [0.2, 0.25) is 10.0 Å². The minimum Gasteiger partial charge on any atom is -0.321 e. The van der Waals surface area contributed by atoms with E-state index in [9.17, 15) is 4.79 Å². The summed E-state index contributed by atoms with van der Waals surface area (Å²) in [6.07, 6.45) is 0. The maximum atomic E-state index is 12.4. The van der Waals surface area contributed by atoms with Crippen LogP contribution in [-0.4, -0.2) is 5.91 Å². The SMILES string of the molecule is Cc1ccc(NC(=O)c2ccc(CSc3ccc(Cl)cc3)cc2)c(Cl)c1. The Hall–Kier alpha value is -1.94. The van der Waals surface area contributed by atoms with Gasteiger partial charge < -0.3 is 5.32 Å². The van der Waals surface area contributed by atoms with Gasteiger partial charge in [-0.15, -0.1) is 11.8 Å². The van der Waals surface area contributed by atoms with Crippen LogP contribution in [-0.2, 0) is 5.75 Å². The predicted molar refractivity (Wildman–Crippen MR) is 112 cm³/mol. The third kappa shape index (κ3) is 5.04. The van der Waals surface area contributed by atoms with Crippen LogP contribution in [0.15, 0.2) is 71.6 Å². The molecule has 132 valence electrons. The first-order valence-corrected chi connectivity index (χ1v) is 9.80. The lowest BCUT2D eigenvalue weighted by atomic mass is 10.1. The zero-order valence-corrected chi connectivity index (χ0v) is 16.5. The fourth-order valence-electron chi connectivity index (χ4n) is 2.37. The highest BCUT2D eigenvalue weighted by Gasteiger charge is 2.09. The fourth-order valence-corrected chi connectivity index (χ4v) is 3.63. The Morgan fingerprint density at radius 3 is 2.31 bits per heavy atom. The lowest BCUT2D eigenvalue weighted by molar-refractivity contribution is 0.102. The molecule has 26 heavy (non-hydrogen) atoms. The average molecular weight is 402 g/mol. The van der Waals surface area contributed by atoms with E-state index < -0.39 is 0 Å². The van der Waals surface area contributed by atoms with Gasteiger partial charge in [0.05, 0.1) is 10.7 Å². The molecule has 3 aromatic carbocycles. The first-order valence-electron chi connectivity index (χ1n) is 8.06. The molecule has 0 aliphatic carbocycles. The molecule has 0 fully saturated rings. The van der Waals surface area contributed by atoms with Gasteiger partial charge in [0.1, 0.15) is 0 Å². The van der Waals surface area contributed by atoms with Crippen molar-refractivity contribution in [1.82, 2.24) is 0 Å². The number of aryl methyl sites for hydroxylation is 1. The van der Waals surface area contributed by atoms with Gasteiger partial charge in [0, 0.05) is 21.2 Å². The lowest BCUT2D eigenvalue weighted by Crippen LogP contribution is -2.12. The van der Waals surface area contributed by atoms with E-state index in [1.165, 1.54) is 0 Å². The quantitative estimate of drug-likeness (QED) is 0.473. The fraction of sp³-hybridized carbons (Fsp3) is 0.0952. The van der Waals surface area contributed by atoms with Gasteiger partial charge in [-0.1, -0.05) is 41.4 Å². The van der Waals surface area contributed by atoms with E-state index in [2.05, 4.69) is 5.32 Å². The smallest absolute Gasteiger partial charge is 0.255 e. The van der Waals surface area contributed by atoms with E-state index in [4.69, 9.17) is 23.2 Å². The third-order valence-corrected chi connectivity index (χ3v) is 5.46. The topological polar surface area (TPSA) is 29.1 Å². The number of nitrogens with one attached hydrogen (secondary N) is 1.